The first kappa shape index (κ1) is 44.3. The van der Waals surface area contributed by atoms with Gasteiger partial charge in [0, 0.05) is 35.3 Å². The van der Waals surface area contributed by atoms with Gasteiger partial charge in [-0.1, -0.05) is 80.3 Å². The van der Waals surface area contributed by atoms with Crippen LogP contribution in [-0.4, -0.2) is 54.1 Å². The maximum Gasteiger partial charge on any atom is 0.183 e. The first-order valence-electron chi connectivity index (χ1n) is 19.8. The molecule has 3 aromatic heterocycles. The second-order valence-corrected chi connectivity index (χ2v) is 15.3. The van der Waals surface area contributed by atoms with Crippen LogP contribution in [-0.2, 0) is 42.3 Å². The fourth-order valence-corrected chi connectivity index (χ4v) is 8.28. The van der Waals surface area contributed by atoms with E-state index in [4.69, 9.17) is 20.9 Å². The number of hydrogen-bond donors (Lipinski definition) is 1. The Labute approximate surface area is 349 Å². The molecule has 3 aliphatic heterocycles. The van der Waals surface area contributed by atoms with E-state index in [2.05, 4.69) is 79.2 Å². The van der Waals surface area contributed by atoms with Gasteiger partial charge in [0.25, 0.3) is 0 Å². The zero-order valence-corrected chi connectivity index (χ0v) is 35.0. The van der Waals surface area contributed by atoms with Crippen molar-refractivity contribution >= 4 is 31.0 Å². The van der Waals surface area contributed by atoms with Gasteiger partial charge in [-0.25, -0.2) is 10.5 Å². The van der Waals surface area contributed by atoms with Crippen molar-refractivity contribution in [1.82, 2.24) is 39.8 Å². The van der Waals surface area contributed by atoms with Gasteiger partial charge in [-0.2, -0.15) is 0 Å². The van der Waals surface area contributed by atoms with Crippen LogP contribution >= 0.6 is 0 Å². The van der Waals surface area contributed by atoms with E-state index in [-0.39, 0.29) is 23.1 Å². The van der Waals surface area contributed by atoms with Crippen molar-refractivity contribution in [3.05, 3.63) is 70.7 Å². The minimum absolute atomic E-state index is 0. The van der Waals surface area contributed by atoms with Crippen molar-refractivity contribution in [2.24, 2.45) is 11.8 Å². The molecule has 2 atom stereocenters. The van der Waals surface area contributed by atoms with Gasteiger partial charge in [0.05, 0.1) is 6.04 Å². The minimum Gasteiger partial charge on any atom is -0.696 e. The van der Waals surface area contributed by atoms with E-state index in [0.717, 1.165) is 73.1 Å². The average molecular weight is 822 g/mol. The summed E-state index contributed by atoms with van der Waals surface area (Å²) >= 11 is 7.40. The summed E-state index contributed by atoms with van der Waals surface area (Å²) < 4.78 is 4.82. The van der Waals surface area contributed by atoms with Crippen LogP contribution in [0.5, 0.6) is 0 Å². The Morgan fingerprint density at radius 2 is 1.40 bits per heavy atom. The van der Waals surface area contributed by atoms with Crippen molar-refractivity contribution in [3.8, 4) is 22.3 Å². The summed E-state index contributed by atoms with van der Waals surface area (Å²) in [6, 6.07) is 7.61. The zero-order valence-electron chi connectivity index (χ0n) is 32.1. The summed E-state index contributed by atoms with van der Waals surface area (Å²) in [6.07, 6.45) is 25.4. The van der Waals surface area contributed by atoms with Gasteiger partial charge < -0.3 is 50.3 Å². The van der Waals surface area contributed by atoms with Crippen molar-refractivity contribution in [1.29, 1.82) is 10.5 Å². The number of hydrogen-bond acceptors (Lipinski definition) is 10. The maximum absolute atomic E-state index is 7.13. The molecule has 0 amide bonds. The second kappa shape index (κ2) is 23.6. The summed E-state index contributed by atoms with van der Waals surface area (Å²) in [6.45, 7) is 7.55. The summed E-state index contributed by atoms with van der Waals surface area (Å²) in [7, 11) is 0. The first-order chi connectivity index (χ1) is 26.5. The molecule has 5 aliphatic rings. The third kappa shape index (κ3) is 12.3. The molecule has 1 N–H and O–H groups in total. The molecule has 3 aromatic rings. The third-order valence-corrected chi connectivity index (χ3v) is 11.2. The quantitative estimate of drug-likeness (QED) is 0.144. The molecule has 4 fully saturated rings. The number of nitrogens with zero attached hydrogens (tertiary/aromatic N) is 11. The number of nitriles is 2. The van der Waals surface area contributed by atoms with Gasteiger partial charge in [0.15, 0.2) is 5.82 Å². The van der Waals surface area contributed by atoms with Crippen LogP contribution < -0.4 is 5.32 Å². The number of aromatic nitrogens is 7. The SMILES string of the molecule is CC1CCC(n2c(C3=CC=CC[N-]3)nnc2-c2ccccn2)CC1.CC1CCC(n2c(C3CCCC[N-]3)nnc2C2CCCCN2)CC1.N#C[S-].N#C[S-].[Mn]. The molecule has 8 rings (SSSR count). The Morgan fingerprint density at radius 3 is 1.96 bits per heavy atom. The van der Waals surface area contributed by atoms with Gasteiger partial charge in [-0.3, -0.25) is 4.98 Å². The summed E-state index contributed by atoms with van der Waals surface area (Å²) in [4.78, 5) is 4.49. The Hall–Kier alpha value is -3.43. The molecule has 6 heterocycles. The van der Waals surface area contributed by atoms with Crippen molar-refractivity contribution in [2.75, 3.05) is 19.6 Å². The topological polar surface area (TPSA) is 162 Å². The van der Waals surface area contributed by atoms with Crippen LogP contribution in [0, 0.1) is 33.2 Å². The normalized spacial score (nSPS) is 25.9. The third-order valence-electron chi connectivity index (χ3n) is 11.2. The molecule has 2 aliphatic carbocycles. The van der Waals surface area contributed by atoms with E-state index in [9.17, 15) is 0 Å². The standard InChI is InChI=1S/C19H32N5.C19H22N5.2CHNS.Mn/c2*1-14-8-10-15(11-9-14)24-18(16-6-2-4-12-20-16)22-23-19(24)17-7-3-5-13-21-17;2*2-1-3;/h14-17,20H,2-13H2,1H3;2-7,12,14-15H,8-11,13H2,1H3;2*3H;/q2*-1;;;/p-2. The molecule has 55 heavy (non-hydrogen) atoms. The van der Waals surface area contributed by atoms with Crippen LogP contribution in [0.25, 0.3) is 27.8 Å². The summed E-state index contributed by atoms with van der Waals surface area (Å²) in [5.41, 5.74) is 1.80. The van der Waals surface area contributed by atoms with Gasteiger partial charge in [0.2, 0.25) is 0 Å². The number of rotatable bonds is 6. The van der Waals surface area contributed by atoms with E-state index in [1.807, 2.05) is 42.6 Å². The molecule has 2 saturated heterocycles. The molecular weight excluding hydrogens is 768 g/mol. The number of allylic oxidation sites excluding steroid dienone is 2. The Balaban J connectivity index is 0.000000211. The van der Waals surface area contributed by atoms with Crippen molar-refractivity contribution < 1.29 is 17.1 Å². The zero-order chi connectivity index (χ0) is 38.1. The second-order valence-electron chi connectivity index (χ2n) is 15.0. The first-order valence-corrected chi connectivity index (χ1v) is 20.6. The van der Waals surface area contributed by atoms with Crippen molar-refractivity contribution in [2.45, 2.75) is 128 Å². The molecule has 15 heteroatoms. The van der Waals surface area contributed by atoms with E-state index < -0.39 is 0 Å². The molecule has 297 valence electrons. The fourth-order valence-electron chi connectivity index (χ4n) is 8.28. The molecule has 0 aromatic carbocycles. The van der Waals surface area contributed by atoms with Crippen molar-refractivity contribution in [3.63, 3.8) is 0 Å². The average Bonchev–Trinajstić information content (AvgIpc) is 3.87. The monoisotopic (exact) mass is 821 g/mol. The molecule has 0 bridgehead atoms. The van der Waals surface area contributed by atoms with Gasteiger partial charge in [0.1, 0.15) is 23.2 Å². The number of piperidine rings is 2. The summed E-state index contributed by atoms with van der Waals surface area (Å²) in [5.74, 6) is 5.77. The van der Waals surface area contributed by atoms with Gasteiger partial charge in [-0.15, -0.1) is 39.6 Å². The van der Waals surface area contributed by atoms with Crippen LogP contribution in [0.2, 0.25) is 0 Å². The van der Waals surface area contributed by atoms with Gasteiger partial charge >= 0.3 is 0 Å². The molecule has 1 radical (unpaired) electrons. The van der Waals surface area contributed by atoms with E-state index in [0.29, 0.717) is 24.7 Å². The largest absolute Gasteiger partial charge is 0.696 e. The van der Waals surface area contributed by atoms with Crippen LogP contribution in [0.1, 0.15) is 145 Å². The predicted octanol–water partition coefficient (Wildman–Crippen LogP) is 8.84. The summed E-state index contributed by atoms with van der Waals surface area (Å²) in [5, 5.41) is 48.5. The Morgan fingerprint density at radius 1 is 0.764 bits per heavy atom. The van der Waals surface area contributed by atoms with Gasteiger partial charge in [-0.05, 0) is 94.7 Å². The predicted molar refractivity (Wildman–Crippen MR) is 217 cm³/mol. The fraction of sp³-hybridized carbons (Fsp3) is 0.625. The van der Waals surface area contributed by atoms with Crippen LogP contribution in [0.3, 0.4) is 0 Å². The number of nitrogens with one attached hydrogen (secondary N) is 1. The van der Waals surface area contributed by atoms with E-state index >= 15 is 0 Å². The van der Waals surface area contributed by atoms with E-state index in [1.54, 1.807) is 0 Å². The number of thiocyanates is 2. The smallest absolute Gasteiger partial charge is 0.183 e. The van der Waals surface area contributed by atoms with Crippen LogP contribution in [0.4, 0.5) is 0 Å². The Bertz CT molecular complexity index is 1650. The maximum atomic E-state index is 7.13. The molecular formula is C40H54MnN12S2-4. The molecule has 2 saturated carbocycles. The minimum atomic E-state index is 0. The molecule has 12 nitrogen and oxygen atoms in total. The van der Waals surface area contributed by atoms with Crippen LogP contribution in [0.15, 0.2) is 42.6 Å². The Kier molecular flexibility index (Phi) is 19.0. The molecule has 0 spiro atoms. The van der Waals surface area contributed by atoms with E-state index in [1.165, 1.54) is 87.3 Å². The number of pyridine rings is 1. The molecule has 2 unspecified atom stereocenters.